The monoisotopic (exact) mass is 266 g/mol. The first-order valence-corrected chi connectivity index (χ1v) is 6.88. The van der Waals surface area contributed by atoms with E-state index in [1.165, 1.54) is 11.3 Å². The van der Waals surface area contributed by atoms with Gasteiger partial charge in [0, 0.05) is 23.8 Å². The fourth-order valence-corrected chi connectivity index (χ4v) is 2.89. The van der Waals surface area contributed by atoms with E-state index >= 15 is 0 Å². The van der Waals surface area contributed by atoms with Crippen LogP contribution >= 0.6 is 0 Å². The SMILES string of the molecule is CC1Cc2ccccc2N1Cc1cccc(C(N)=O)c1. The van der Waals surface area contributed by atoms with Crippen molar-refractivity contribution < 1.29 is 4.79 Å². The number of rotatable bonds is 3. The second-order valence-electron chi connectivity index (χ2n) is 5.37. The molecular weight excluding hydrogens is 248 g/mol. The molecule has 3 heteroatoms. The zero-order valence-electron chi connectivity index (χ0n) is 11.5. The van der Waals surface area contributed by atoms with Crippen molar-refractivity contribution in [2.45, 2.75) is 25.9 Å². The molecule has 2 N–H and O–H groups in total. The highest BCUT2D eigenvalue weighted by Crippen LogP contribution is 2.33. The number of nitrogens with zero attached hydrogens (tertiary/aromatic N) is 1. The van der Waals surface area contributed by atoms with Crippen LogP contribution in [-0.4, -0.2) is 11.9 Å². The molecule has 3 rings (SSSR count). The number of primary amides is 1. The summed E-state index contributed by atoms with van der Waals surface area (Å²) in [6.45, 7) is 3.04. The molecule has 0 aromatic heterocycles. The second-order valence-corrected chi connectivity index (χ2v) is 5.37. The maximum atomic E-state index is 11.3. The number of benzene rings is 2. The molecule has 1 amide bonds. The zero-order valence-corrected chi connectivity index (χ0v) is 11.5. The topological polar surface area (TPSA) is 46.3 Å². The summed E-state index contributed by atoms with van der Waals surface area (Å²) in [6, 6.07) is 16.6. The minimum atomic E-state index is -0.373. The lowest BCUT2D eigenvalue weighted by Gasteiger charge is -2.25. The van der Waals surface area contributed by atoms with Crippen molar-refractivity contribution >= 4 is 11.6 Å². The molecule has 0 fully saturated rings. The van der Waals surface area contributed by atoms with Gasteiger partial charge in [-0.1, -0.05) is 30.3 Å². The number of hydrogen-bond acceptors (Lipinski definition) is 2. The largest absolute Gasteiger partial charge is 0.366 e. The van der Waals surface area contributed by atoms with E-state index in [9.17, 15) is 4.79 Å². The zero-order chi connectivity index (χ0) is 14.1. The number of amides is 1. The molecule has 20 heavy (non-hydrogen) atoms. The highest BCUT2D eigenvalue weighted by atomic mass is 16.1. The molecule has 0 saturated heterocycles. The Balaban J connectivity index is 1.88. The predicted molar refractivity (Wildman–Crippen MR) is 80.8 cm³/mol. The number of hydrogen-bond donors (Lipinski definition) is 1. The quantitative estimate of drug-likeness (QED) is 0.928. The molecule has 0 spiro atoms. The first-order chi connectivity index (χ1) is 9.65. The summed E-state index contributed by atoms with van der Waals surface area (Å²) in [5.41, 5.74) is 9.72. The van der Waals surface area contributed by atoms with Crippen LogP contribution in [0, 0.1) is 0 Å². The van der Waals surface area contributed by atoms with E-state index in [0.717, 1.165) is 18.5 Å². The molecule has 1 heterocycles. The van der Waals surface area contributed by atoms with Crippen molar-refractivity contribution in [1.82, 2.24) is 0 Å². The third-order valence-corrected chi connectivity index (χ3v) is 3.91. The summed E-state index contributed by atoms with van der Waals surface area (Å²) in [5.74, 6) is -0.373. The lowest BCUT2D eigenvalue weighted by molar-refractivity contribution is 0.1000. The Morgan fingerprint density at radius 3 is 2.85 bits per heavy atom. The van der Waals surface area contributed by atoms with Gasteiger partial charge in [0.25, 0.3) is 0 Å². The van der Waals surface area contributed by atoms with Crippen molar-refractivity contribution in [3.05, 3.63) is 65.2 Å². The smallest absolute Gasteiger partial charge is 0.248 e. The van der Waals surface area contributed by atoms with E-state index in [1.807, 2.05) is 18.2 Å². The first kappa shape index (κ1) is 12.7. The second kappa shape index (κ2) is 5.00. The van der Waals surface area contributed by atoms with Gasteiger partial charge in [-0.2, -0.15) is 0 Å². The molecule has 0 bridgehead atoms. The van der Waals surface area contributed by atoms with Crippen molar-refractivity contribution in [2.24, 2.45) is 5.73 Å². The van der Waals surface area contributed by atoms with E-state index in [-0.39, 0.29) is 5.91 Å². The maximum Gasteiger partial charge on any atom is 0.248 e. The maximum absolute atomic E-state index is 11.3. The first-order valence-electron chi connectivity index (χ1n) is 6.88. The van der Waals surface area contributed by atoms with Crippen LogP contribution in [0.25, 0.3) is 0 Å². The van der Waals surface area contributed by atoms with Gasteiger partial charge in [0.2, 0.25) is 5.91 Å². The van der Waals surface area contributed by atoms with Gasteiger partial charge in [-0.15, -0.1) is 0 Å². The van der Waals surface area contributed by atoms with Gasteiger partial charge in [0.1, 0.15) is 0 Å². The Labute approximate surface area is 119 Å². The average Bonchev–Trinajstić information content (AvgIpc) is 2.76. The molecule has 1 aliphatic rings. The van der Waals surface area contributed by atoms with Crippen LogP contribution in [-0.2, 0) is 13.0 Å². The molecule has 2 aromatic carbocycles. The number of para-hydroxylation sites is 1. The minimum absolute atomic E-state index is 0.373. The Bertz CT molecular complexity index is 651. The van der Waals surface area contributed by atoms with Gasteiger partial charge in [0.05, 0.1) is 0 Å². The van der Waals surface area contributed by atoms with Gasteiger partial charge < -0.3 is 10.6 Å². The number of fused-ring (bicyclic) bond motifs is 1. The number of nitrogens with two attached hydrogens (primary N) is 1. The lowest BCUT2D eigenvalue weighted by atomic mass is 10.1. The third-order valence-electron chi connectivity index (χ3n) is 3.91. The van der Waals surface area contributed by atoms with Gasteiger partial charge >= 0.3 is 0 Å². The number of anilines is 1. The Morgan fingerprint density at radius 1 is 1.25 bits per heavy atom. The van der Waals surface area contributed by atoms with Crippen LogP contribution in [0.2, 0.25) is 0 Å². The molecule has 102 valence electrons. The molecule has 2 aromatic rings. The molecule has 0 aliphatic carbocycles. The summed E-state index contributed by atoms with van der Waals surface area (Å²) < 4.78 is 0. The van der Waals surface area contributed by atoms with Gasteiger partial charge in [-0.05, 0) is 42.7 Å². The summed E-state index contributed by atoms with van der Waals surface area (Å²) in [5, 5.41) is 0. The normalized spacial score (nSPS) is 17.1. The lowest BCUT2D eigenvalue weighted by Crippen LogP contribution is -2.28. The van der Waals surface area contributed by atoms with E-state index in [0.29, 0.717) is 11.6 Å². The van der Waals surface area contributed by atoms with E-state index < -0.39 is 0 Å². The van der Waals surface area contributed by atoms with Crippen LogP contribution in [0.4, 0.5) is 5.69 Å². The Morgan fingerprint density at radius 2 is 2.05 bits per heavy atom. The summed E-state index contributed by atoms with van der Waals surface area (Å²) in [7, 11) is 0. The van der Waals surface area contributed by atoms with Crippen LogP contribution < -0.4 is 10.6 Å². The summed E-state index contributed by atoms with van der Waals surface area (Å²) >= 11 is 0. The van der Waals surface area contributed by atoms with Crippen LogP contribution in [0.3, 0.4) is 0 Å². The highest BCUT2D eigenvalue weighted by molar-refractivity contribution is 5.92. The van der Waals surface area contributed by atoms with Gasteiger partial charge in [-0.3, -0.25) is 4.79 Å². The molecule has 0 saturated carbocycles. The van der Waals surface area contributed by atoms with Gasteiger partial charge in [0.15, 0.2) is 0 Å². The fourth-order valence-electron chi connectivity index (χ4n) is 2.89. The molecular formula is C17H18N2O. The van der Waals surface area contributed by atoms with Crippen LogP contribution in [0.1, 0.15) is 28.4 Å². The van der Waals surface area contributed by atoms with Crippen molar-refractivity contribution in [1.29, 1.82) is 0 Å². The molecule has 1 aliphatic heterocycles. The van der Waals surface area contributed by atoms with Crippen molar-refractivity contribution in [3.8, 4) is 0 Å². The Kier molecular flexibility index (Phi) is 3.18. The highest BCUT2D eigenvalue weighted by Gasteiger charge is 2.25. The Hall–Kier alpha value is -2.29. The van der Waals surface area contributed by atoms with Crippen molar-refractivity contribution in [2.75, 3.05) is 4.90 Å². The van der Waals surface area contributed by atoms with E-state index in [4.69, 9.17) is 5.73 Å². The molecule has 3 nitrogen and oxygen atoms in total. The molecule has 1 unspecified atom stereocenters. The van der Waals surface area contributed by atoms with Crippen LogP contribution in [0.5, 0.6) is 0 Å². The summed E-state index contributed by atoms with van der Waals surface area (Å²) in [6.07, 6.45) is 1.08. The minimum Gasteiger partial charge on any atom is -0.366 e. The molecule has 1 atom stereocenters. The van der Waals surface area contributed by atoms with E-state index in [2.05, 4.69) is 36.1 Å². The number of carbonyl (C=O) groups is 1. The van der Waals surface area contributed by atoms with E-state index in [1.54, 1.807) is 6.07 Å². The van der Waals surface area contributed by atoms with Crippen LogP contribution in [0.15, 0.2) is 48.5 Å². The average molecular weight is 266 g/mol. The standard InChI is InChI=1S/C17H18N2O/c1-12-9-14-6-2-3-8-16(14)19(12)11-13-5-4-7-15(10-13)17(18)20/h2-8,10,12H,9,11H2,1H3,(H2,18,20). The van der Waals surface area contributed by atoms with Crippen molar-refractivity contribution in [3.63, 3.8) is 0 Å². The third kappa shape index (κ3) is 2.27. The number of carbonyl (C=O) groups excluding carboxylic acids is 1. The molecule has 0 radical (unpaired) electrons. The predicted octanol–water partition coefficient (Wildman–Crippen LogP) is 2.74. The van der Waals surface area contributed by atoms with Gasteiger partial charge in [-0.25, -0.2) is 0 Å². The fraction of sp³-hybridized carbons (Fsp3) is 0.235. The summed E-state index contributed by atoms with van der Waals surface area (Å²) in [4.78, 5) is 13.6.